The molecule has 0 unspecified atom stereocenters. The van der Waals surface area contributed by atoms with Crippen molar-refractivity contribution in [1.29, 1.82) is 0 Å². The van der Waals surface area contributed by atoms with Gasteiger partial charge in [-0.05, 0) is 50.9 Å². The minimum atomic E-state index is 0.391. The highest BCUT2D eigenvalue weighted by molar-refractivity contribution is 5.77. The second-order valence-electron chi connectivity index (χ2n) is 8.33. The Hall–Kier alpha value is -1.62. The highest BCUT2D eigenvalue weighted by atomic mass is 16.2. The number of nitrogens with zero attached hydrogens (tertiary/aromatic N) is 4. The summed E-state index contributed by atoms with van der Waals surface area (Å²) in [6.07, 6.45) is 15.4. The van der Waals surface area contributed by atoms with Crippen molar-refractivity contribution < 1.29 is 4.79 Å². The standard InChI is InChI=1S/C21H32N4O/c1-23-16-22-13-19(23)15-24-11-10-20-18(14-24)7-8-21(26)25(20)12-9-17-5-3-2-4-6-17/h5,13,16,18,20H,2-4,6-12,14-15H2,1H3/t18-,20+/m0/s1. The van der Waals surface area contributed by atoms with E-state index in [1.165, 1.54) is 31.4 Å². The predicted molar refractivity (Wildman–Crippen MR) is 102 cm³/mol. The van der Waals surface area contributed by atoms with E-state index in [-0.39, 0.29) is 0 Å². The summed E-state index contributed by atoms with van der Waals surface area (Å²) >= 11 is 0. The Balaban J connectivity index is 1.35. The van der Waals surface area contributed by atoms with Crippen LogP contribution in [0, 0.1) is 5.92 Å². The van der Waals surface area contributed by atoms with Crippen LogP contribution in [0.5, 0.6) is 0 Å². The normalized spacial score (nSPS) is 27.3. The van der Waals surface area contributed by atoms with Gasteiger partial charge in [0.25, 0.3) is 0 Å². The fourth-order valence-electron chi connectivity index (χ4n) is 5.02. The molecule has 2 aliphatic heterocycles. The van der Waals surface area contributed by atoms with Crippen molar-refractivity contribution in [3.05, 3.63) is 29.9 Å². The number of amides is 1. The zero-order valence-corrected chi connectivity index (χ0v) is 16.1. The quantitative estimate of drug-likeness (QED) is 0.761. The minimum Gasteiger partial charge on any atom is -0.339 e. The van der Waals surface area contributed by atoms with Gasteiger partial charge >= 0.3 is 0 Å². The van der Waals surface area contributed by atoms with Crippen LogP contribution < -0.4 is 0 Å². The molecule has 1 amide bonds. The van der Waals surface area contributed by atoms with Crippen LogP contribution in [0.25, 0.3) is 0 Å². The first-order valence-electron chi connectivity index (χ1n) is 10.4. The highest BCUT2D eigenvalue weighted by Crippen LogP contribution is 2.32. The summed E-state index contributed by atoms with van der Waals surface area (Å²) < 4.78 is 2.11. The van der Waals surface area contributed by atoms with Gasteiger partial charge < -0.3 is 9.47 Å². The first-order chi connectivity index (χ1) is 12.7. The summed E-state index contributed by atoms with van der Waals surface area (Å²) in [5, 5.41) is 0. The first kappa shape index (κ1) is 17.8. The van der Waals surface area contributed by atoms with E-state index in [9.17, 15) is 4.79 Å². The average Bonchev–Trinajstić information content (AvgIpc) is 3.06. The lowest BCUT2D eigenvalue weighted by atomic mass is 9.83. The molecule has 2 atom stereocenters. The van der Waals surface area contributed by atoms with E-state index in [1.54, 1.807) is 5.57 Å². The van der Waals surface area contributed by atoms with Gasteiger partial charge in [-0.15, -0.1) is 0 Å². The van der Waals surface area contributed by atoms with Gasteiger partial charge in [0.05, 0.1) is 12.0 Å². The Morgan fingerprint density at radius 2 is 2.15 bits per heavy atom. The first-order valence-corrected chi connectivity index (χ1v) is 10.4. The molecule has 2 saturated heterocycles. The molecular weight excluding hydrogens is 324 g/mol. The Labute approximate surface area is 157 Å². The molecule has 0 radical (unpaired) electrons. The van der Waals surface area contributed by atoms with Gasteiger partial charge in [-0.2, -0.15) is 0 Å². The molecule has 0 aromatic carbocycles. The maximum atomic E-state index is 12.6. The molecule has 3 aliphatic rings. The fraction of sp³-hybridized carbons (Fsp3) is 0.714. The number of imidazole rings is 1. The summed E-state index contributed by atoms with van der Waals surface area (Å²) in [5.74, 6) is 1.03. The van der Waals surface area contributed by atoms with Gasteiger partial charge in [0.2, 0.25) is 5.91 Å². The van der Waals surface area contributed by atoms with E-state index in [0.717, 1.165) is 51.9 Å². The van der Waals surface area contributed by atoms with Crippen molar-refractivity contribution in [3.63, 3.8) is 0 Å². The molecule has 5 heteroatoms. The molecule has 1 aliphatic carbocycles. The number of hydrogen-bond acceptors (Lipinski definition) is 3. The molecule has 0 saturated carbocycles. The summed E-state index contributed by atoms with van der Waals surface area (Å²) in [6, 6.07) is 0.461. The number of carbonyl (C=O) groups excluding carboxylic acids is 1. The van der Waals surface area contributed by atoms with Crippen LogP contribution in [0.1, 0.15) is 57.1 Å². The van der Waals surface area contributed by atoms with Crippen molar-refractivity contribution in [2.75, 3.05) is 19.6 Å². The van der Waals surface area contributed by atoms with Gasteiger partial charge in [0, 0.05) is 51.9 Å². The Bertz CT molecular complexity index is 665. The molecule has 0 spiro atoms. The van der Waals surface area contributed by atoms with Crippen LogP contribution in [-0.2, 0) is 18.4 Å². The molecule has 142 valence electrons. The average molecular weight is 357 g/mol. The van der Waals surface area contributed by atoms with Gasteiger partial charge in [-0.3, -0.25) is 9.69 Å². The summed E-state index contributed by atoms with van der Waals surface area (Å²) in [6.45, 7) is 4.11. The lowest BCUT2D eigenvalue weighted by Crippen LogP contribution is -2.56. The van der Waals surface area contributed by atoms with Crippen LogP contribution in [0.3, 0.4) is 0 Å². The number of fused-ring (bicyclic) bond motifs is 1. The van der Waals surface area contributed by atoms with Crippen LogP contribution in [0.4, 0.5) is 0 Å². The van der Waals surface area contributed by atoms with Crippen molar-refractivity contribution in [2.45, 2.75) is 64.0 Å². The number of allylic oxidation sites excluding steroid dienone is 1. The number of piperidine rings is 2. The number of rotatable bonds is 5. The van der Waals surface area contributed by atoms with Crippen molar-refractivity contribution in [2.24, 2.45) is 13.0 Å². The summed E-state index contributed by atoms with van der Waals surface area (Å²) in [7, 11) is 2.07. The molecule has 2 fully saturated rings. The van der Waals surface area contributed by atoms with Crippen LogP contribution >= 0.6 is 0 Å². The maximum absolute atomic E-state index is 12.6. The Morgan fingerprint density at radius 1 is 1.23 bits per heavy atom. The van der Waals surface area contributed by atoms with E-state index < -0.39 is 0 Å². The molecule has 1 aromatic rings. The van der Waals surface area contributed by atoms with E-state index in [2.05, 4.69) is 32.5 Å². The molecule has 4 rings (SSSR count). The highest BCUT2D eigenvalue weighted by Gasteiger charge is 2.39. The minimum absolute atomic E-state index is 0.391. The third-order valence-corrected chi connectivity index (χ3v) is 6.59. The lowest BCUT2D eigenvalue weighted by molar-refractivity contribution is -0.141. The SMILES string of the molecule is Cn1cncc1CN1CC[C@@H]2[C@@H](CCC(=O)N2CCC2=CCCCC2)C1. The van der Waals surface area contributed by atoms with Gasteiger partial charge in [-0.25, -0.2) is 4.98 Å². The molecule has 3 heterocycles. The third-order valence-electron chi connectivity index (χ3n) is 6.59. The maximum Gasteiger partial charge on any atom is 0.222 e. The zero-order valence-electron chi connectivity index (χ0n) is 16.1. The molecular formula is C21H32N4O. The lowest BCUT2D eigenvalue weighted by Gasteiger charge is -2.47. The van der Waals surface area contributed by atoms with Crippen LogP contribution in [0.15, 0.2) is 24.2 Å². The summed E-state index contributed by atoms with van der Waals surface area (Å²) in [5.41, 5.74) is 2.86. The smallest absolute Gasteiger partial charge is 0.222 e. The molecule has 5 nitrogen and oxygen atoms in total. The van der Waals surface area contributed by atoms with E-state index in [1.807, 2.05) is 12.5 Å². The molecule has 26 heavy (non-hydrogen) atoms. The second-order valence-corrected chi connectivity index (χ2v) is 8.33. The van der Waals surface area contributed by atoms with Crippen molar-refractivity contribution in [1.82, 2.24) is 19.4 Å². The van der Waals surface area contributed by atoms with Crippen molar-refractivity contribution in [3.8, 4) is 0 Å². The summed E-state index contributed by atoms with van der Waals surface area (Å²) in [4.78, 5) is 21.6. The Morgan fingerprint density at radius 3 is 2.92 bits per heavy atom. The monoisotopic (exact) mass is 356 g/mol. The largest absolute Gasteiger partial charge is 0.339 e. The van der Waals surface area contributed by atoms with E-state index >= 15 is 0 Å². The second kappa shape index (κ2) is 7.95. The number of carbonyl (C=O) groups is 1. The number of aromatic nitrogens is 2. The molecule has 0 bridgehead atoms. The van der Waals surface area contributed by atoms with Crippen LogP contribution in [0.2, 0.25) is 0 Å². The number of hydrogen-bond donors (Lipinski definition) is 0. The van der Waals surface area contributed by atoms with Crippen LogP contribution in [-0.4, -0.2) is 50.9 Å². The van der Waals surface area contributed by atoms with Gasteiger partial charge in [-0.1, -0.05) is 11.6 Å². The topological polar surface area (TPSA) is 41.4 Å². The number of likely N-dealkylation sites (tertiary alicyclic amines) is 2. The predicted octanol–water partition coefficient (Wildman–Crippen LogP) is 3.12. The zero-order chi connectivity index (χ0) is 17.9. The Kier molecular flexibility index (Phi) is 5.44. The van der Waals surface area contributed by atoms with Gasteiger partial charge in [0.15, 0.2) is 0 Å². The molecule has 0 N–H and O–H groups in total. The third kappa shape index (κ3) is 3.88. The van der Waals surface area contributed by atoms with Crippen molar-refractivity contribution >= 4 is 5.91 Å². The van der Waals surface area contributed by atoms with E-state index in [4.69, 9.17) is 0 Å². The molecule has 1 aromatic heterocycles. The van der Waals surface area contributed by atoms with E-state index in [0.29, 0.717) is 17.9 Å². The number of aryl methyl sites for hydroxylation is 1. The fourth-order valence-corrected chi connectivity index (χ4v) is 5.02. The van der Waals surface area contributed by atoms with Gasteiger partial charge in [0.1, 0.15) is 0 Å².